The van der Waals surface area contributed by atoms with Crippen LogP contribution in [0.15, 0.2) is 48.7 Å². The van der Waals surface area contributed by atoms with Crippen molar-refractivity contribution in [1.29, 1.82) is 0 Å². The minimum Gasteiger partial charge on any atom is -0.256 e. The normalized spacial score (nSPS) is 15.2. The standard InChI is InChI=1S/C19H17N/c1-12-6-4-8-14-17(12)19(2,3)15-9-5-7-13-10-11-20-18(14)16(13)15/h4-11H,1-3H3. The molecule has 4 rings (SSSR count). The average molecular weight is 259 g/mol. The molecule has 3 aromatic rings. The highest BCUT2D eigenvalue weighted by Crippen LogP contribution is 2.48. The molecule has 1 nitrogen and oxygen atoms in total. The van der Waals surface area contributed by atoms with Crippen LogP contribution >= 0.6 is 0 Å². The number of fused-ring (bicyclic) bond motifs is 2. The summed E-state index contributed by atoms with van der Waals surface area (Å²) in [6, 6.07) is 15.3. The Hall–Kier alpha value is -2.15. The summed E-state index contributed by atoms with van der Waals surface area (Å²) >= 11 is 0. The first-order valence-electron chi connectivity index (χ1n) is 7.09. The van der Waals surface area contributed by atoms with Gasteiger partial charge in [0.05, 0.1) is 5.69 Å². The van der Waals surface area contributed by atoms with Crippen molar-refractivity contribution in [2.75, 3.05) is 0 Å². The highest BCUT2D eigenvalue weighted by atomic mass is 14.7. The van der Waals surface area contributed by atoms with Gasteiger partial charge in [-0.3, -0.25) is 4.98 Å². The van der Waals surface area contributed by atoms with Crippen LogP contribution in [-0.4, -0.2) is 4.98 Å². The van der Waals surface area contributed by atoms with E-state index in [0.717, 1.165) is 5.69 Å². The van der Waals surface area contributed by atoms with Crippen LogP contribution in [0.3, 0.4) is 0 Å². The maximum Gasteiger partial charge on any atom is 0.0786 e. The molecule has 0 amide bonds. The fourth-order valence-corrected chi connectivity index (χ4v) is 3.78. The summed E-state index contributed by atoms with van der Waals surface area (Å²) in [7, 11) is 0. The summed E-state index contributed by atoms with van der Waals surface area (Å²) in [5, 5.41) is 2.60. The largest absolute Gasteiger partial charge is 0.256 e. The van der Waals surface area contributed by atoms with Crippen LogP contribution in [0, 0.1) is 6.92 Å². The van der Waals surface area contributed by atoms with E-state index in [-0.39, 0.29) is 5.41 Å². The number of nitrogens with zero attached hydrogens (tertiary/aromatic N) is 1. The summed E-state index contributed by atoms with van der Waals surface area (Å²) in [5.41, 5.74) is 6.60. The van der Waals surface area contributed by atoms with Crippen molar-refractivity contribution in [2.45, 2.75) is 26.2 Å². The predicted octanol–water partition coefficient (Wildman–Crippen LogP) is 4.85. The van der Waals surface area contributed by atoms with Gasteiger partial charge in [-0.1, -0.05) is 50.2 Å². The van der Waals surface area contributed by atoms with Crippen LogP contribution in [0.2, 0.25) is 0 Å². The van der Waals surface area contributed by atoms with Gasteiger partial charge in [-0.2, -0.15) is 0 Å². The SMILES string of the molecule is Cc1cccc2c1C(C)(C)c1cccc3ccnc-2c13. The van der Waals surface area contributed by atoms with E-state index in [4.69, 9.17) is 0 Å². The summed E-state index contributed by atoms with van der Waals surface area (Å²) in [5.74, 6) is 0. The second-order valence-electron chi connectivity index (χ2n) is 6.19. The van der Waals surface area contributed by atoms with Gasteiger partial charge >= 0.3 is 0 Å². The van der Waals surface area contributed by atoms with Crippen molar-refractivity contribution in [1.82, 2.24) is 4.98 Å². The summed E-state index contributed by atoms with van der Waals surface area (Å²) in [6.45, 7) is 6.85. The number of aromatic nitrogens is 1. The summed E-state index contributed by atoms with van der Waals surface area (Å²) in [6.07, 6.45) is 1.92. The Labute approximate surface area is 119 Å². The molecule has 0 radical (unpaired) electrons. The van der Waals surface area contributed by atoms with Crippen molar-refractivity contribution in [3.63, 3.8) is 0 Å². The Bertz CT molecular complexity index is 838. The van der Waals surface area contributed by atoms with E-state index in [1.165, 1.54) is 33.0 Å². The molecule has 98 valence electrons. The molecule has 0 aliphatic heterocycles. The third-order valence-electron chi connectivity index (χ3n) is 4.62. The minimum absolute atomic E-state index is 0.0240. The topological polar surface area (TPSA) is 12.9 Å². The molecule has 1 aliphatic rings. The molecule has 0 unspecified atom stereocenters. The number of hydrogen-bond donors (Lipinski definition) is 0. The van der Waals surface area contributed by atoms with Crippen molar-refractivity contribution < 1.29 is 0 Å². The molecule has 0 atom stereocenters. The fourth-order valence-electron chi connectivity index (χ4n) is 3.78. The molecule has 0 saturated carbocycles. The highest BCUT2D eigenvalue weighted by molar-refractivity contribution is 6.01. The van der Waals surface area contributed by atoms with E-state index < -0.39 is 0 Å². The second-order valence-corrected chi connectivity index (χ2v) is 6.19. The predicted molar refractivity (Wildman–Crippen MR) is 84.0 cm³/mol. The van der Waals surface area contributed by atoms with Gasteiger partial charge < -0.3 is 0 Å². The molecule has 0 N–H and O–H groups in total. The maximum atomic E-state index is 4.69. The van der Waals surface area contributed by atoms with E-state index in [9.17, 15) is 0 Å². The van der Waals surface area contributed by atoms with Gasteiger partial charge in [0.1, 0.15) is 0 Å². The average Bonchev–Trinajstić information content (AvgIpc) is 2.44. The first-order valence-corrected chi connectivity index (χ1v) is 7.09. The molecule has 2 aromatic carbocycles. The third kappa shape index (κ3) is 1.30. The molecule has 0 spiro atoms. The molecule has 1 aliphatic carbocycles. The Morgan fingerprint density at radius 3 is 2.60 bits per heavy atom. The number of pyridine rings is 1. The summed E-state index contributed by atoms with van der Waals surface area (Å²) < 4.78 is 0. The Balaban J connectivity index is 2.29. The lowest BCUT2D eigenvalue weighted by Gasteiger charge is -2.35. The quantitative estimate of drug-likeness (QED) is 0.562. The smallest absolute Gasteiger partial charge is 0.0786 e. The Morgan fingerprint density at radius 1 is 0.950 bits per heavy atom. The van der Waals surface area contributed by atoms with Gasteiger partial charge in [0.15, 0.2) is 0 Å². The zero-order chi connectivity index (χ0) is 13.9. The Kier molecular flexibility index (Phi) is 2.15. The van der Waals surface area contributed by atoms with Crippen LogP contribution < -0.4 is 0 Å². The van der Waals surface area contributed by atoms with E-state index in [2.05, 4.69) is 68.2 Å². The van der Waals surface area contributed by atoms with Crippen molar-refractivity contribution in [3.8, 4) is 11.3 Å². The van der Waals surface area contributed by atoms with E-state index in [1.807, 2.05) is 6.20 Å². The van der Waals surface area contributed by atoms with Crippen molar-refractivity contribution in [3.05, 3.63) is 65.4 Å². The molecule has 0 saturated heterocycles. The minimum atomic E-state index is 0.0240. The lowest BCUT2D eigenvalue weighted by atomic mass is 9.68. The number of aryl methyl sites for hydroxylation is 1. The van der Waals surface area contributed by atoms with Gasteiger partial charge in [0.2, 0.25) is 0 Å². The molecule has 1 heterocycles. The van der Waals surface area contributed by atoms with Crippen LogP contribution in [-0.2, 0) is 5.41 Å². The lowest BCUT2D eigenvalue weighted by molar-refractivity contribution is 0.639. The number of rotatable bonds is 0. The first kappa shape index (κ1) is 11.7. The van der Waals surface area contributed by atoms with Gasteiger partial charge in [0, 0.05) is 22.6 Å². The third-order valence-corrected chi connectivity index (χ3v) is 4.62. The lowest BCUT2D eigenvalue weighted by Crippen LogP contribution is -2.25. The highest BCUT2D eigenvalue weighted by Gasteiger charge is 2.34. The van der Waals surface area contributed by atoms with Crippen LogP contribution in [0.25, 0.3) is 22.0 Å². The van der Waals surface area contributed by atoms with Crippen molar-refractivity contribution in [2.24, 2.45) is 0 Å². The fraction of sp³-hybridized carbons (Fsp3) is 0.211. The Morgan fingerprint density at radius 2 is 1.75 bits per heavy atom. The molecule has 0 fully saturated rings. The maximum absolute atomic E-state index is 4.69. The molecule has 1 aromatic heterocycles. The molecule has 20 heavy (non-hydrogen) atoms. The number of benzene rings is 2. The van der Waals surface area contributed by atoms with Crippen LogP contribution in [0.4, 0.5) is 0 Å². The van der Waals surface area contributed by atoms with Gasteiger partial charge in [0.25, 0.3) is 0 Å². The molecular weight excluding hydrogens is 242 g/mol. The zero-order valence-corrected chi connectivity index (χ0v) is 12.1. The molecular formula is C19H17N. The second kappa shape index (κ2) is 3.69. The molecule has 1 heteroatoms. The van der Waals surface area contributed by atoms with Crippen LogP contribution in [0.1, 0.15) is 30.5 Å². The first-order chi connectivity index (χ1) is 9.60. The van der Waals surface area contributed by atoms with E-state index in [0.29, 0.717) is 0 Å². The van der Waals surface area contributed by atoms with Crippen molar-refractivity contribution >= 4 is 10.8 Å². The van der Waals surface area contributed by atoms with Gasteiger partial charge in [-0.05, 0) is 35.1 Å². The monoisotopic (exact) mass is 259 g/mol. The van der Waals surface area contributed by atoms with E-state index >= 15 is 0 Å². The van der Waals surface area contributed by atoms with Gasteiger partial charge in [-0.25, -0.2) is 0 Å². The zero-order valence-electron chi connectivity index (χ0n) is 12.1. The summed E-state index contributed by atoms with van der Waals surface area (Å²) in [4.78, 5) is 4.69. The molecule has 0 bridgehead atoms. The number of hydrogen-bond acceptors (Lipinski definition) is 1. The van der Waals surface area contributed by atoms with E-state index in [1.54, 1.807) is 0 Å². The van der Waals surface area contributed by atoms with Crippen LogP contribution in [0.5, 0.6) is 0 Å². The van der Waals surface area contributed by atoms with Gasteiger partial charge in [-0.15, -0.1) is 0 Å².